The third kappa shape index (κ3) is 4.42. The zero-order valence-corrected chi connectivity index (χ0v) is 12.3. The van der Waals surface area contributed by atoms with Crippen molar-refractivity contribution >= 4 is 11.9 Å². The Morgan fingerprint density at radius 1 is 1.45 bits per heavy atom. The Kier molecular flexibility index (Phi) is 5.71. The minimum Gasteiger partial charge on any atom is -0.496 e. The van der Waals surface area contributed by atoms with Crippen molar-refractivity contribution in [3.05, 3.63) is 29.6 Å². The molecule has 0 radical (unpaired) electrons. The van der Waals surface area contributed by atoms with E-state index in [1.54, 1.807) is 0 Å². The minimum absolute atomic E-state index is 0.0166. The maximum Gasteiger partial charge on any atom is 0.342 e. The quantitative estimate of drug-likeness (QED) is 0.801. The lowest BCUT2D eigenvalue weighted by atomic mass is 10.2. The first-order valence-electron chi connectivity index (χ1n) is 6.99. The second kappa shape index (κ2) is 7.74. The molecule has 120 valence electrons. The summed E-state index contributed by atoms with van der Waals surface area (Å²) in [4.78, 5) is 23.5. The van der Waals surface area contributed by atoms with E-state index in [4.69, 9.17) is 14.2 Å². The van der Waals surface area contributed by atoms with Gasteiger partial charge in [-0.1, -0.05) is 0 Å². The highest BCUT2D eigenvalue weighted by Crippen LogP contribution is 2.20. The summed E-state index contributed by atoms with van der Waals surface area (Å²) < 4.78 is 28.4. The number of esters is 1. The van der Waals surface area contributed by atoms with E-state index >= 15 is 0 Å². The monoisotopic (exact) mass is 311 g/mol. The van der Waals surface area contributed by atoms with Crippen molar-refractivity contribution in [1.29, 1.82) is 0 Å². The van der Waals surface area contributed by atoms with Crippen molar-refractivity contribution in [2.24, 2.45) is 0 Å². The molecule has 1 aliphatic heterocycles. The van der Waals surface area contributed by atoms with E-state index in [-0.39, 0.29) is 17.4 Å². The van der Waals surface area contributed by atoms with Crippen LogP contribution in [-0.4, -0.2) is 44.8 Å². The van der Waals surface area contributed by atoms with Crippen LogP contribution in [0.2, 0.25) is 0 Å². The highest BCUT2D eigenvalue weighted by molar-refractivity contribution is 5.94. The highest BCUT2D eigenvalue weighted by Gasteiger charge is 2.18. The summed E-state index contributed by atoms with van der Waals surface area (Å²) in [7, 11) is 1.36. The molecule has 1 atom stereocenters. The Labute approximate surface area is 127 Å². The molecule has 0 bridgehead atoms. The first-order chi connectivity index (χ1) is 10.6. The number of ether oxygens (including phenoxy) is 3. The van der Waals surface area contributed by atoms with Gasteiger partial charge in [-0.2, -0.15) is 0 Å². The number of hydrogen-bond donors (Lipinski definition) is 1. The number of nitrogens with one attached hydrogen (secondary N) is 1. The van der Waals surface area contributed by atoms with Crippen molar-refractivity contribution in [3.63, 3.8) is 0 Å². The predicted molar refractivity (Wildman–Crippen MR) is 75.2 cm³/mol. The average molecular weight is 311 g/mol. The molecule has 1 aromatic rings. The normalized spacial score (nSPS) is 17.1. The molecule has 0 aliphatic carbocycles. The molecule has 0 saturated carbocycles. The third-order valence-electron chi connectivity index (χ3n) is 3.27. The van der Waals surface area contributed by atoms with E-state index in [1.807, 2.05) is 0 Å². The van der Waals surface area contributed by atoms with Gasteiger partial charge in [0.05, 0.1) is 13.2 Å². The summed E-state index contributed by atoms with van der Waals surface area (Å²) in [6.07, 6.45) is 1.90. The van der Waals surface area contributed by atoms with E-state index in [1.165, 1.54) is 19.2 Å². The number of halogens is 1. The summed E-state index contributed by atoms with van der Waals surface area (Å²) in [6.45, 7) is 0.653. The molecule has 6 nitrogen and oxygen atoms in total. The zero-order valence-electron chi connectivity index (χ0n) is 12.3. The summed E-state index contributed by atoms with van der Waals surface area (Å²) in [5.74, 6) is -1.65. The van der Waals surface area contributed by atoms with Gasteiger partial charge in [0.2, 0.25) is 0 Å². The van der Waals surface area contributed by atoms with E-state index in [2.05, 4.69) is 5.32 Å². The molecular weight excluding hydrogens is 293 g/mol. The average Bonchev–Trinajstić information content (AvgIpc) is 3.04. The van der Waals surface area contributed by atoms with Gasteiger partial charge in [-0.15, -0.1) is 0 Å². The van der Waals surface area contributed by atoms with E-state index in [0.29, 0.717) is 13.2 Å². The van der Waals surface area contributed by atoms with Gasteiger partial charge in [-0.25, -0.2) is 9.18 Å². The fraction of sp³-hybridized carbons (Fsp3) is 0.467. The molecule has 2 rings (SSSR count). The molecule has 1 saturated heterocycles. The smallest absolute Gasteiger partial charge is 0.342 e. The maximum absolute atomic E-state index is 13.2. The third-order valence-corrected chi connectivity index (χ3v) is 3.27. The Bertz CT molecular complexity index is 543. The molecule has 1 aromatic carbocycles. The van der Waals surface area contributed by atoms with Crippen molar-refractivity contribution in [2.45, 2.75) is 18.9 Å². The second-order valence-electron chi connectivity index (χ2n) is 4.86. The van der Waals surface area contributed by atoms with Crippen LogP contribution in [0.4, 0.5) is 4.39 Å². The molecule has 7 heteroatoms. The SMILES string of the molecule is COc1ccc(F)cc1C(=O)OCC(=O)NCC1CCCO1. The van der Waals surface area contributed by atoms with Gasteiger partial charge in [0, 0.05) is 13.2 Å². The molecule has 1 N–H and O–H groups in total. The van der Waals surface area contributed by atoms with Crippen LogP contribution < -0.4 is 10.1 Å². The standard InChI is InChI=1S/C15H18FNO5/c1-20-13-5-4-10(16)7-12(13)15(19)22-9-14(18)17-8-11-3-2-6-21-11/h4-5,7,11H,2-3,6,8-9H2,1H3,(H,17,18). The number of carbonyl (C=O) groups is 2. The summed E-state index contributed by atoms with van der Waals surface area (Å²) in [5.41, 5.74) is -0.0607. The summed E-state index contributed by atoms with van der Waals surface area (Å²) in [6, 6.07) is 3.50. The largest absolute Gasteiger partial charge is 0.496 e. The molecule has 1 amide bonds. The van der Waals surface area contributed by atoms with Crippen LogP contribution in [0.15, 0.2) is 18.2 Å². The number of benzene rings is 1. The van der Waals surface area contributed by atoms with E-state index in [0.717, 1.165) is 18.9 Å². The van der Waals surface area contributed by atoms with Gasteiger partial charge in [-0.3, -0.25) is 4.79 Å². The van der Waals surface area contributed by atoms with Crippen molar-refractivity contribution < 1.29 is 28.2 Å². The second-order valence-corrected chi connectivity index (χ2v) is 4.86. The molecular formula is C15H18FNO5. The lowest BCUT2D eigenvalue weighted by Crippen LogP contribution is -2.34. The van der Waals surface area contributed by atoms with Crippen LogP contribution in [0.5, 0.6) is 5.75 Å². The zero-order chi connectivity index (χ0) is 15.9. The van der Waals surface area contributed by atoms with Gasteiger partial charge < -0.3 is 19.5 Å². The van der Waals surface area contributed by atoms with Crippen LogP contribution in [0.1, 0.15) is 23.2 Å². The van der Waals surface area contributed by atoms with E-state index in [9.17, 15) is 14.0 Å². The molecule has 0 spiro atoms. The van der Waals surface area contributed by atoms with Gasteiger partial charge in [0.1, 0.15) is 17.1 Å². The minimum atomic E-state index is -0.816. The number of methoxy groups -OCH3 is 1. The van der Waals surface area contributed by atoms with Crippen LogP contribution in [0.3, 0.4) is 0 Å². The fourth-order valence-corrected chi connectivity index (χ4v) is 2.13. The summed E-state index contributed by atoms with van der Waals surface area (Å²) >= 11 is 0. The van der Waals surface area contributed by atoms with Gasteiger partial charge >= 0.3 is 5.97 Å². The summed E-state index contributed by atoms with van der Waals surface area (Å²) in [5, 5.41) is 2.62. The van der Waals surface area contributed by atoms with Crippen molar-refractivity contribution in [3.8, 4) is 5.75 Å². The van der Waals surface area contributed by atoms with Crippen molar-refractivity contribution in [2.75, 3.05) is 26.9 Å². The molecule has 22 heavy (non-hydrogen) atoms. The first-order valence-corrected chi connectivity index (χ1v) is 6.99. The molecule has 1 unspecified atom stereocenters. The lowest BCUT2D eigenvalue weighted by Gasteiger charge is -2.11. The predicted octanol–water partition coefficient (Wildman–Crippen LogP) is 1.29. The van der Waals surface area contributed by atoms with Gasteiger partial charge in [0.25, 0.3) is 5.91 Å². The van der Waals surface area contributed by atoms with Crippen LogP contribution >= 0.6 is 0 Å². The molecule has 1 aliphatic rings. The van der Waals surface area contributed by atoms with Crippen LogP contribution in [0.25, 0.3) is 0 Å². The Morgan fingerprint density at radius 2 is 2.27 bits per heavy atom. The molecule has 1 fully saturated rings. The van der Waals surface area contributed by atoms with Crippen LogP contribution in [0, 0.1) is 5.82 Å². The van der Waals surface area contributed by atoms with Gasteiger partial charge in [0.15, 0.2) is 6.61 Å². The topological polar surface area (TPSA) is 73.9 Å². The first kappa shape index (κ1) is 16.2. The van der Waals surface area contributed by atoms with Crippen molar-refractivity contribution in [1.82, 2.24) is 5.32 Å². The Hall–Kier alpha value is -2.15. The highest BCUT2D eigenvalue weighted by atomic mass is 19.1. The number of hydrogen-bond acceptors (Lipinski definition) is 5. The van der Waals surface area contributed by atoms with Gasteiger partial charge in [-0.05, 0) is 31.0 Å². The van der Waals surface area contributed by atoms with Crippen LogP contribution in [-0.2, 0) is 14.3 Å². The number of amides is 1. The number of rotatable bonds is 6. The fourth-order valence-electron chi connectivity index (χ4n) is 2.13. The Morgan fingerprint density at radius 3 is 2.95 bits per heavy atom. The maximum atomic E-state index is 13.2. The van der Waals surface area contributed by atoms with E-state index < -0.39 is 24.3 Å². The molecule has 1 heterocycles. The number of carbonyl (C=O) groups excluding carboxylic acids is 2. The molecule has 0 aromatic heterocycles. The lowest BCUT2D eigenvalue weighted by molar-refractivity contribution is -0.124. The Balaban J connectivity index is 1.81.